The Morgan fingerprint density at radius 2 is 1.79 bits per heavy atom. The van der Waals surface area contributed by atoms with Gasteiger partial charge in [0.05, 0.1) is 10.7 Å². The van der Waals surface area contributed by atoms with Crippen molar-refractivity contribution in [2.75, 3.05) is 11.9 Å². The lowest BCUT2D eigenvalue weighted by Crippen LogP contribution is -2.26. The van der Waals surface area contributed by atoms with Gasteiger partial charge in [0.1, 0.15) is 11.4 Å². The highest BCUT2D eigenvalue weighted by Crippen LogP contribution is 2.25. The molecule has 0 aliphatic carbocycles. The second-order valence-electron chi connectivity index (χ2n) is 5.10. The Labute approximate surface area is 150 Å². The van der Waals surface area contributed by atoms with Crippen LogP contribution in [-0.2, 0) is 0 Å². The second kappa shape index (κ2) is 8.66. The maximum absolute atomic E-state index is 12.3. The average Bonchev–Trinajstić information content (AvgIpc) is 2.57. The standard InChI is InChI=1S/C17H17Cl2N3O2/c1-2-3-9-20-16(23)14-5-4-6-15(21-14)17(24)22-13-8-7-11(18)10-12(13)19/h4-8,10H,2-3,9H2,1H3,(H,20,23)(H,22,24). The van der Waals surface area contributed by atoms with Crippen LogP contribution in [0.1, 0.15) is 40.7 Å². The molecule has 7 heteroatoms. The molecule has 0 atom stereocenters. The molecule has 0 radical (unpaired) electrons. The summed E-state index contributed by atoms with van der Waals surface area (Å²) in [5.41, 5.74) is 0.746. The molecular formula is C17H17Cl2N3O2. The van der Waals surface area contributed by atoms with Crippen LogP contribution in [0.25, 0.3) is 0 Å². The zero-order valence-electron chi connectivity index (χ0n) is 13.1. The van der Waals surface area contributed by atoms with Gasteiger partial charge in [0.25, 0.3) is 11.8 Å². The molecule has 0 fully saturated rings. The van der Waals surface area contributed by atoms with Crippen LogP contribution in [-0.4, -0.2) is 23.3 Å². The molecule has 2 rings (SSSR count). The van der Waals surface area contributed by atoms with Crippen LogP contribution < -0.4 is 10.6 Å². The van der Waals surface area contributed by atoms with E-state index in [9.17, 15) is 9.59 Å². The van der Waals surface area contributed by atoms with E-state index in [2.05, 4.69) is 15.6 Å². The number of halogens is 2. The van der Waals surface area contributed by atoms with Crippen LogP contribution in [0.3, 0.4) is 0 Å². The van der Waals surface area contributed by atoms with Gasteiger partial charge in [0, 0.05) is 11.6 Å². The van der Waals surface area contributed by atoms with Crippen molar-refractivity contribution in [2.24, 2.45) is 0 Å². The molecule has 2 amide bonds. The van der Waals surface area contributed by atoms with E-state index in [1.54, 1.807) is 24.3 Å². The number of pyridine rings is 1. The number of hydrogen-bond acceptors (Lipinski definition) is 3. The molecule has 0 spiro atoms. The number of nitrogens with zero attached hydrogens (tertiary/aromatic N) is 1. The van der Waals surface area contributed by atoms with Gasteiger partial charge in [-0.3, -0.25) is 9.59 Å². The maximum atomic E-state index is 12.3. The molecule has 0 bridgehead atoms. The lowest BCUT2D eigenvalue weighted by molar-refractivity contribution is 0.0948. The van der Waals surface area contributed by atoms with E-state index in [-0.39, 0.29) is 17.3 Å². The van der Waals surface area contributed by atoms with E-state index in [1.807, 2.05) is 6.92 Å². The second-order valence-corrected chi connectivity index (χ2v) is 5.94. The highest BCUT2D eigenvalue weighted by Gasteiger charge is 2.13. The highest BCUT2D eigenvalue weighted by molar-refractivity contribution is 6.36. The quantitative estimate of drug-likeness (QED) is 0.754. The van der Waals surface area contributed by atoms with Crippen molar-refractivity contribution >= 4 is 40.7 Å². The Morgan fingerprint density at radius 1 is 1.08 bits per heavy atom. The van der Waals surface area contributed by atoms with Gasteiger partial charge < -0.3 is 10.6 Å². The molecule has 24 heavy (non-hydrogen) atoms. The Bertz CT molecular complexity index is 750. The molecule has 0 aliphatic rings. The zero-order chi connectivity index (χ0) is 17.5. The molecule has 0 aliphatic heterocycles. The van der Waals surface area contributed by atoms with E-state index in [0.29, 0.717) is 22.3 Å². The molecule has 0 saturated carbocycles. The minimum Gasteiger partial charge on any atom is -0.351 e. The predicted molar refractivity (Wildman–Crippen MR) is 95.9 cm³/mol. The number of hydrogen-bond donors (Lipinski definition) is 2. The maximum Gasteiger partial charge on any atom is 0.274 e. The van der Waals surface area contributed by atoms with Crippen molar-refractivity contribution in [3.05, 3.63) is 57.8 Å². The fourth-order valence-corrected chi connectivity index (χ4v) is 2.39. The van der Waals surface area contributed by atoms with Crippen molar-refractivity contribution in [1.82, 2.24) is 10.3 Å². The zero-order valence-corrected chi connectivity index (χ0v) is 14.6. The van der Waals surface area contributed by atoms with Crippen LogP contribution in [0.2, 0.25) is 10.0 Å². The Hall–Kier alpha value is -2.11. The van der Waals surface area contributed by atoms with Gasteiger partial charge in [0.15, 0.2) is 0 Å². The first-order valence-corrected chi connectivity index (χ1v) is 8.28. The number of carbonyl (C=O) groups is 2. The Kier molecular flexibility index (Phi) is 6.58. The number of unbranched alkanes of at least 4 members (excludes halogenated alkanes) is 1. The lowest BCUT2D eigenvalue weighted by Gasteiger charge is -2.08. The topological polar surface area (TPSA) is 71.1 Å². The lowest BCUT2D eigenvalue weighted by atomic mass is 10.2. The summed E-state index contributed by atoms with van der Waals surface area (Å²) in [5.74, 6) is -0.759. The molecule has 1 aromatic carbocycles. The third-order valence-corrected chi connectivity index (χ3v) is 3.76. The van der Waals surface area contributed by atoms with E-state index in [4.69, 9.17) is 23.2 Å². The van der Waals surface area contributed by atoms with Crippen molar-refractivity contribution in [3.8, 4) is 0 Å². The first-order valence-electron chi connectivity index (χ1n) is 7.53. The monoisotopic (exact) mass is 365 g/mol. The summed E-state index contributed by atoms with van der Waals surface area (Å²) in [4.78, 5) is 28.4. The van der Waals surface area contributed by atoms with Crippen LogP contribution in [0.5, 0.6) is 0 Å². The van der Waals surface area contributed by atoms with Crippen LogP contribution in [0.15, 0.2) is 36.4 Å². The molecule has 1 heterocycles. The van der Waals surface area contributed by atoms with Gasteiger partial charge in [-0.15, -0.1) is 0 Å². The summed E-state index contributed by atoms with van der Waals surface area (Å²) in [7, 11) is 0. The summed E-state index contributed by atoms with van der Waals surface area (Å²) in [6.45, 7) is 2.62. The fraction of sp³-hybridized carbons (Fsp3) is 0.235. The summed E-state index contributed by atoms with van der Waals surface area (Å²) < 4.78 is 0. The Morgan fingerprint density at radius 3 is 2.46 bits per heavy atom. The third-order valence-electron chi connectivity index (χ3n) is 3.21. The molecule has 1 aromatic heterocycles. The largest absolute Gasteiger partial charge is 0.351 e. The van der Waals surface area contributed by atoms with E-state index in [0.717, 1.165) is 12.8 Å². The first-order chi connectivity index (χ1) is 11.5. The predicted octanol–water partition coefficient (Wildman–Crippen LogP) is 4.17. The minimum atomic E-state index is -0.456. The van der Waals surface area contributed by atoms with Crippen LogP contribution in [0, 0.1) is 0 Å². The summed E-state index contributed by atoms with van der Waals surface area (Å²) in [6, 6.07) is 9.46. The molecule has 126 valence electrons. The summed E-state index contributed by atoms with van der Waals surface area (Å²) >= 11 is 11.9. The molecule has 0 saturated heterocycles. The minimum absolute atomic E-state index is 0.129. The van der Waals surface area contributed by atoms with Gasteiger partial charge in [0.2, 0.25) is 0 Å². The molecule has 5 nitrogen and oxygen atoms in total. The van der Waals surface area contributed by atoms with Crippen LogP contribution >= 0.6 is 23.2 Å². The molecular weight excluding hydrogens is 349 g/mol. The van der Waals surface area contributed by atoms with Gasteiger partial charge in [-0.25, -0.2) is 4.98 Å². The number of aromatic nitrogens is 1. The van der Waals surface area contributed by atoms with Crippen molar-refractivity contribution < 1.29 is 9.59 Å². The fourth-order valence-electron chi connectivity index (χ4n) is 1.93. The first kappa shape index (κ1) is 18.2. The number of benzene rings is 1. The summed E-state index contributed by atoms with van der Waals surface area (Å²) in [6.07, 6.45) is 1.87. The molecule has 2 N–H and O–H groups in total. The van der Waals surface area contributed by atoms with E-state index < -0.39 is 5.91 Å². The normalized spacial score (nSPS) is 10.3. The van der Waals surface area contributed by atoms with Gasteiger partial charge in [-0.05, 0) is 36.8 Å². The molecule has 0 unspecified atom stereocenters. The summed E-state index contributed by atoms with van der Waals surface area (Å²) in [5, 5.41) is 6.21. The van der Waals surface area contributed by atoms with Gasteiger partial charge >= 0.3 is 0 Å². The highest BCUT2D eigenvalue weighted by atomic mass is 35.5. The third kappa shape index (κ3) is 4.94. The molecule has 2 aromatic rings. The van der Waals surface area contributed by atoms with Crippen molar-refractivity contribution in [3.63, 3.8) is 0 Å². The smallest absolute Gasteiger partial charge is 0.274 e. The van der Waals surface area contributed by atoms with Crippen LogP contribution in [0.4, 0.5) is 5.69 Å². The van der Waals surface area contributed by atoms with Gasteiger partial charge in [-0.1, -0.05) is 42.6 Å². The SMILES string of the molecule is CCCCNC(=O)c1cccc(C(=O)Nc2ccc(Cl)cc2Cl)n1. The Balaban J connectivity index is 2.09. The number of carbonyl (C=O) groups excluding carboxylic acids is 2. The van der Waals surface area contributed by atoms with Gasteiger partial charge in [-0.2, -0.15) is 0 Å². The average molecular weight is 366 g/mol. The number of rotatable bonds is 6. The van der Waals surface area contributed by atoms with E-state index >= 15 is 0 Å². The van der Waals surface area contributed by atoms with E-state index in [1.165, 1.54) is 12.1 Å². The number of amides is 2. The van der Waals surface area contributed by atoms with Crippen molar-refractivity contribution in [1.29, 1.82) is 0 Å². The van der Waals surface area contributed by atoms with Crippen molar-refractivity contribution in [2.45, 2.75) is 19.8 Å². The number of anilines is 1. The number of nitrogens with one attached hydrogen (secondary N) is 2.